The first-order valence-electron chi connectivity index (χ1n) is 7.64. The van der Waals surface area contributed by atoms with Crippen LogP contribution in [0.2, 0.25) is 0 Å². The third-order valence-corrected chi connectivity index (χ3v) is 3.87. The molecule has 1 aromatic carbocycles. The minimum Gasteiger partial charge on any atom is -0.302 e. The van der Waals surface area contributed by atoms with Crippen LogP contribution in [0.25, 0.3) is 0 Å². The summed E-state index contributed by atoms with van der Waals surface area (Å²) in [5.41, 5.74) is 1.16. The molecule has 3 atom stereocenters. The number of aryl methyl sites for hydroxylation is 1. The Morgan fingerprint density at radius 1 is 1.24 bits per heavy atom. The zero-order chi connectivity index (χ0) is 15.2. The van der Waals surface area contributed by atoms with Crippen molar-refractivity contribution in [1.82, 2.24) is 10.6 Å². The number of carbonyl (C=O) groups is 2. The van der Waals surface area contributed by atoms with E-state index in [1.54, 1.807) is 0 Å². The largest absolute Gasteiger partial charge is 0.302 e. The van der Waals surface area contributed by atoms with Gasteiger partial charge in [-0.15, -0.1) is 0 Å². The molecule has 2 N–H and O–H groups in total. The molecular formula is C17H24N2O2. The average molecular weight is 288 g/mol. The fraction of sp³-hybridized carbons (Fsp3) is 0.529. The molecule has 2 rings (SSSR count). The van der Waals surface area contributed by atoms with Crippen molar-refractivity contribution in [2.75, 3.05) is 0 Å². The van der Waals surface area contributed by atoms with Gasteiger partial charge >= 0.3 is 0 Å². The third kappa shape index (κ3) is 4.48. The standard InChI is InChI=1S/C17H24N2O2/c1-12(2)10-14-15(11-20)19-17(18-14)16(21)9-8-13-6-4-3-5-7-13/h3-7,11-12,14-15,17-19H,8-10H2,1-2H3/t14-,15?,17?/m0/s1. The Balaban J connectivity index is 1.87. The molecule has 114 valence electrons. The second kappa shape index (κ2) is 7.48. The number of benzene rings is 1. The van der Waals surface area contributed by atoms with Crippen molar-refractivity contribution in [1.29, 1.82) is 0 Å². The Labute approximate surface area is 126 Å². The van der Waals surface area contributed by atoms with E-state index in [0.717, 1.165) is 24.7 Å². The Bertz CT molecular complexity index is 473. The monoisotopic (exact) mass is 288 g/mol. The Morgan fingerprint density at radius 2 is 1.95 bits per heavy atom. The summed E-state index contributed by atoms with van der Waals surface area (Å²) in [6.07, 6.45) is 2.62. The zero-order valence-electron chi connectivity index (χ0n) is 12.7. The number of carbonyl (C=O) groups excluding carboxylic acids is 2. The Hall–Kier alpha value is -1.52. The number of nitrogens with one attached hydrogen (secondary N) is 2. The molecule has 21 heavy (non-hydrogen) atoms. The molecule has 4 heteroatoms. The van der Waals surface area contributed by atoms with Crippen molar-refractivity contribution in [3.63, 3.8) is 0 Å². The molecule has 1 aliphatic heterocycles. The summed E-state index contributed by atoms with van der Waals surface area (Å²) in [5.74, 6) is 0.613. The highest BCUT2D eigenvalue weighted by molar-refractivity contribution is 5.85. The number of rotatable bonds is 7. The first-order valence-corrected chi connectivity index (χ1v) is 7.64. The molecule has 0 spiro atoms. The van der Waals surface area contributed by atoms with E-state index >= 15 is 0 Å². The summed E-state index contributed by atoms with van der Waals surface area (Å²) < 4.78 is 0. The van der Waals surface area contributed by atoms with Crippen LogP contribution < -0.4 is 10.6 Å². The van der Waals surface area contributed by atoms with Gasteiger partial charge in [-0.1, -0.05) is 44.2 Å². The molecule has 0 aromatic heterocycles. The van der Waals surface area contributed by atoms with E-state index < -0.39 is 6.17 Å². The third-order valence-electron chi connectivity index (χ3n) is 3.87. The Morgan fingerprint density at radius 3 is 2.57 bits per heavy atom. The molecule has 0 aliphatic carbocycles. The van der Waals surface area contributed by atoms with Gasteiger partial charge in [0.1, 0.15) is 12.5 Å². The van der Waals surface area contributed by atoms with Crippen molar-refractivity contribution in [3.05, 3.63) is 35.9 Å². The summed E-state index contributed by atoms with van der Waals surface area (Å²) in [6.45, 7) is 4.24. The number of Topliss-reactive ketones (excluding diaryl/α,β-unsaturated/α-hetero) is 1. The minimum absolute atomic E-state index is 0.0492. The number of hydrogen-bond donors (Lipinski definition) is 2. The van der Waals surface area contributed by atoms with Crippen molar-refractivity contribution >= 4 is 12.1 Å². The van der Waals surface area contributed by atoms with E-state index in [1.165, 1.54) is 0 Å². The van der Waals surface area contributed by atoms with Gasteiger partial charge in [-0.05, 0) is 24.3 Å². The topological polar surface area (TPSA) is 58.2 Å². The molecule has 0 amide bonds. The lowest BCUT2D eigenvalue weighted by Crippen LogP contribution is -2.41. The molecule has 2 unspecified atom stereocenters. The van der Waals surface area contributed by atoms with E-state index in [0.29, 0.717) is 12.3 Å². The van der Waals surface area contributed by atoms with Crippen LogP contribution in [0.1, 0.15) is 32.3 Å². The molecule has 0 saturated carbocycles. The van der Waals surface area contributed by atoms with Gasteiger partial charge < -0.3 is 4.79 Å². The predicted octanol–water partition coefficient (Wildman–Crippen LogP) is 1.69. The van der Waals surface area contributed by atoms with Gasteiger partial charge in [0.2, 0.25) is 0 Å². The predicted molar refractivity (Wildman–Crippen MR) is 82.9 cm³/mol. The summed E-state index contributed by atoms with van der Waals surface area (Å²) in [5, 5.41) is 6.37. The van der Waals surface area contributed by atoms with Crippen LogP contribution in [0.5, 0.6) is 0 Å². The molecule has 1 fully saturated rings. The molecule has 1 aromatic rings. The van der Waals surface area contributed by atoms with Gasteiger partial charge in [-0.3, -0.25) is 15.4 Å². The second-order valence-electron chi connectivity index (χ2n) is 6.12. The normalized spacial score (nSPS) is 25.2. The number of ketones is 1. The van der Waals surface area contributed by atoms with Gasteiger partial charge in [0.25, 0.3) is 0 Å². The van der Waals surface area contributed by atoms with Gasteiger partial charge in [-0.25, -0.2) is 0 Å². The van der Waals surface area contributed by atoms with Crippen molar-refractivity contribution < 1.29 is 9.59 Å². The smallest absolute Gasteiger partial charge is 0.164 e. The minimum atomic E-state index is -0.396. The highest BCUT2D eigenvalue weighted by atomic mass is 16.1. The summed E-state index contributed by atoms with van der Waals surface area (Å²) in [7, 11) is 0. The van der Waals surface area contributed by atoms with Crippen molar-refractivity contribution in [2.24, 2.45) is 5.92 Å². The molecule has 1 aliphatic rings. The van der Waals surface area contributed by atoms with Crippen molar-refractivity contribution in [2.45, 2.75) is 51.4 Å². The van der Waals surface area contributed by atoms with Gasteiger partial charge in [-0.2, -0.15) is 0 Å². The van der Waals surface area contributed by atoms with Gasteiger partial charge in [0.05, 0.1) is 6.04 Å². The lowest BCUT2D eigenvalue weighted by atomic mass is 10.00. The average Bonchev–Trinajstić information content (AvgIpc) is 2.88. The molecule has 0 bridgehead atoms. The SMILES string of the molecule is CC(C)C[C@@H]1NC(C(=O)CCc2ccccc2)NC1C=O. The number of hydrogen-bond acceptors (Lipinski definition) is 4. The van der Waals surface area contributed by atoms with Gasteiger partial charge in [0.15, 0.2) is 5.78 Å². The van der Waals surface area contributed by atoms with E-state index in [-0.39, 0.29) is 17.9 Å². The zero-order valence-corrected chi connectivity index (χ0v) is 12.7. The molecule has 0 radical (unpaired) electrons. The fourth-order valence-electron chi connectivity index (χ4n) is 2.77. The van der Waals surface area contributed by atoms with Crippen LogP contribution in [0.3, 0.4) is 0 Å². The lowest BCUT2D eigenvalue weighted by Gasteiger charge is -2.16. The lowest BCUT2D eigenvalue weighted by molar-refractivity contribution is -0.121. The molecule has 1 heterocycles. The van der Waals surface area contributed by atoms with Crippen LogP contribution in [-0.2, 0) is 16.0 Å². The van der Waals surface area contributed by atoms with Crippen LogP contribution in [0.4, 0.5) is 0 Å². The van der Waals surface area contributed by atoms with E-state index in [2.05, 4.69) is 24.5 Å². The second-order valence-corrected chi connectivity index (χ2v) is 6.12. The maximum atomic E-state index is 12.3. The number of aldehydes is 1. The first kappa shape index (κ1) is 15.9. The van der Waals surface area contributed by atoms with Crippen LogP contribution >= 0.6 is 0 Å². The summed E-state index contributed by atoms with van der Waals surface area (Å²) >= 11 is 0. The Kier molecular flexibility index (Phi) is 5.65. The van der Waals surface area contributed by atoms with E-state index in [1.807, 2.05) is 30.3 Å². The summed E-state index contributed by atoms with van der Waals surface area (Å²) in [4.78, 5) is 23.4. The summed E-state index contributed by atoms with van der Waals surface area (Å²) in [6, 6.07) is 9.76. The fourth-order valence-corrected chi connectivity index (χ4v) is 2.77. The van der Waals surface area contributed by atoms with Crippen molar-refractivity contribution in [3.8, 4) is 0 Å². The van der Waals surface area contributed by atoms with Gasteiger partial charge in [0, 0.05) is 12.5 Å². The molecular weight excluding hydrogens is 264 g/mol. The molecule has 1 saturated heterocycles. The quantitative estimate of drug-likeness (QED) is 0.750. The highest BCUT2D eigenvalue weighted by Gasteiger charge is 2.35. The molecule has 4 nitrogen and oxygen atoms in total. The van der Waals surface area contributed by atoms with E-state index in [9.17, 15) is 9.59 Å². The maximum Gasteiger partial charge on any atom is 0.164 e. The van der Waals surface area contributed by atoms with E-state index in [4.69, 9.17) is 0 Å². The van der Waals surface area contributed by atoms with Crippen LogP contribution in [0.15, 0.2) is 30.3 Å². The maximum absolute atomic E-state index is 12.3. The highest BCUT2D eigenvalue weighted by Crippen LogP contribution is 2.14. The van der Waals surface area contributed by atoms with Crippen LogP contribution in [-0.4, -0.2) is 30.3 Å². The first-order chi connectivity index (χ1) is 10.1. The van der Waals surface area contributed by atoms with Crippen LogP contribution in [0, 0.1) is 5.92 Å².